The van der Waals surface area contributed by atoms with E-state index in [4.69, 9.17) is 11.6 Å². The zero-order valence-electron chi connectivity index (χ0n) is 16.0. The number of benzene rings is 2. The highest BCUT2D eigenvalue weighted by Gasteiger charge is 2.31. The molecule has 0 saturated carbocycles. The van der Waals surface area contributed by atoms with Crippen LogP contribution >= 0.6 is 11.6 Å². The number of para-hydroxylation sites is 1. The molecule has 30 heavy (non-hydrogen) atoms. The normalized spacial score (nSPS) is 14.6. The Balaban J connectivity index is 1.55. The molecule has 3 heterocycles. The van der Waals surface area contributed by atoms with Crippen molar-refractivity contribution in [3.05, 3.63) is 83.1 Å². The first kappa shape index (κ1) is 19.1. The number of H-pyrrole nitrogens is 1. The minimum atomic E-state index is -3.65. The van der Waals surface area contributed by atoms with Crippen molar-refractivity contribution >= 4 is 44.0 Å². The van der Waals surface area contributed by atoms with Crippen LogP contribution in [0.5, 0.6) is 0 Å². The first-order valence-electron chi connectivity index (χ1n) is 9.58. The molecule has 0 atom stereocenters. The van der Waals surface area contributed by atoms with Crippen molar-refractivity contribution in [3.63, 3.8) is 0 Å². The van der Waals surface area contributed by atoms with E-state index < -0.39 is 10.0 Å². The lowest BCUT2D eigenvalue weighted by molar-refractivity contribution is 0.391. The zero-order valence-corrected chi connectivity index (χ0v) is 17.5. The van der Waals surface area contributed by atoms with Crippen molar-refractivity contribution in [3.8, 4) is 0 Å². The molecule has 8 heteroatoms. The molecule has 0 aliphatic carbocycles. The molecular weight excluding hydrogens is 420 g/mol. The first-order chi connectivity index (χ1) is 14.5. The van der Waals surface area contributed by atoms with E-state index in [0.29, 0.717) is 18.0 Å². The van der Waals surface area contributed by atoms with Gasteiger partial charge in [-0.05, 0) is 42.0 Å². The fraction of sp³-hybridized carbons (Fsp3) is 0.136. The molecule has 0 radical (unpaired) electrons. The molecule has 5 rings (SSSR count). The van der Waals surface area contributed by atoms with Crippen molar-refractivity contribution < 1.29 is 8.42 Å². The molecule has 2 N–H and O–H groups in total. The van der Waals surface area contributed by atoms with Gasteiger partial charge in [0.2, 0.25) is 10.0 Å². The zero-order chi connectivity index (χ0) is 20.7. The fourth-order valence-corrected chi connectivity index (χ4v) is 5.58. The highest BCUT2D eigenvalue weighted by Crippen LogP contribution is 2.35. The largest absolute Gasteiger partial charge is 0.355 e. The standard InChI is InChI=1S/C22H19ClN4O2S/c23-15-5-4-8-17(13-15)30(28,29)27-12-10-19-18(14-27)21-20(9-11-24-22(21)26-19)25-16-6-2-1-3-7-16/h1-9,11,13H,10,12,14H2,(H2,24,25,26). The summed E-state index contributed by atoms with van der Waals surface area (Å²) in [6, 6.07) is 18.2. The van der Waals surface area contributed by atoms with Crippen molar-refractivity contribution in [1.29, 1.82) is 0 Å². The Labute approximate surface area is 179 Å². The Bertz CT molecular complexity index is 1340. The van der Waals surface area contributed by atoms with E-state index in [9.17, 15) is 8.42 Å². The van der Waals surface area contributed by atoms with Crippen molar-refractivity contribution in [1.82, 2.24) is 14.3 Å². The Morgan fingerprint density at radius 2 is 1.90 bits per heavy atom. The number of nitrogens with zero attached hydrogens (tertiary/aromatic N) is 2. The van der Waals surface area contributed by atoms with Gasteiger partial charge in [-0.15, -0.1) is 0 Å². The number of aromatic nitrogens is 2. The molecule has 2 aromatic carbocycles. The van der Waals surface area contributed by atoms with Gasteiger partial charge < -0.3 is 10.3 Å². The molecule has 1 aliphatic heterocycles. The summed E-state index contributed by atoms with van der Waals surface area (Å²) >= 11 is 6.02. The van der Waals surface area contributed by atoms with Gasteiger partial charge in [-0.1, -0.05) is 35.9 Å². The van der Waals surface area contributed by atoms with Gasteiger partial charge in [0.1, 0.15) is 5.65 Å². The quantitative estimate of drug-likeness (QED) is 0.483. The van der Waals surface area contributed by atoms with Gasteiger partial charge in [0.15, 0.2) is 0 Å². The maximum absolute atomic E-state index is 13.2. The number of sulfonamides is 1. The highest BCUT2D eigenvalue weighted by atomic mass is 35.5. The van der Waals surface area contributed by atoms with Crippen LogP contribution in [0.4, 0.5) is 11.4 Å². The monoisotopic (exact) mass is 438 g/mol. The number of pyridine rings is 1. The van der Waals surface area contributed by atoms with Crippen molar-refractivity contribution in [2.45, 2.75) is 17.9 Å². The molecule has 1 aliphatic rings. The second-order valence-corrected chi connectivity index (χ2v) is 9.58. The van der Waals surface area contributed by atoms with Crippen LogP contribution in [-0.4, -0.2) is 29.2 Å². The Hall–Kier alpha value is -2.87. The van der Waals surface area contributed by atoms with Gasteiger partial charge >= 0.3 is 0 Å². The van der Waals surface area contributed by atoms with E-state index in [2.05, 4.69) is 15.3 Å². The minimum Gasteiger partial charge on any atom is -0.355 e. The van der Waals surface area contributed by atoms with E-state index in [-0.39, 0.29) is 11.4 Å². The van der Waals surface area contributed by atoms with E-state index in [1.54, 1.807) is 24.4 Å². The Kier molecular flexibility index (Phi) is 4.73. The van der Waals surface area contributed by atoms with Crippen LogP contribution < -0.4 is 5.32 Å². The predicted octanol–water partition coefficient (Wildman–Crippen LogP) is 4.71. The van der Waals surface area contributed by atoms with Crippen LogP contribution in [0.2, 0.25) is 5.02 Å². The van der Waals surface area contributed by atoms with E-state index in [1.165, 1.54) is 10.4 Å². The summed E-state index contributed by atoms with van der Waals surface area (Å²) in [7, 11) is -3.65. The molecule has 4 aromatic rings. The SMILES string of the molecule is O=S(=O)(c1cccc(Cl)c1)N1CCc2[nH]c3nccc(Nc4ccccc4)c3c2C1. The molecule has 6 nitrogen and oxygen atoms in total. The van der Waals surface area contributed by atoms with Crippen LogP contribution in [-0.2, 0) is 23.0 Å². The molecule has 0 amide bonds. The topological polar surface area (TPSA) is 78.1 Å². The summed E-state index contributed by atoms with van der Waals surface area (Å²) in [5, 5.41) is 4.75. The Morgan fingerprint density at radius 1 is 1.07 bits per heavy atom. The van der Waals surface area contributed by atoms with Gasteiger partial charge in [0, 0.05) is 47.5 Å². The van der Waals surface area contributed by atoms with Crippen molar-refractivity contribution in [2.75, 3.05) is 11.9 Å². The lowest BCUT2D eigenvalue weighted by atomic mass is 10.1. The number of hydrogen-bond acceptors (Lipinski definition) is 4. The van der Waals surface area contributed by atoms with Gasteiger partial charge in [0.05, 0.1) is 10.6 Å². The van der Waals surface area contributed by atoms with Crippen LogP contribution in [0, 0.1) is 0 Å². The summed E-state index contributed by atoms with van der Waals surface area (Å²) in [5.41, 5.74) is 4.58. The smallest absolute Gasteiger partial charge is 0.243 e. The summed E-state index contributed by atoms with van der Waals surface area (Å²) in [4.78, 5) is 8.04. The van der Waals surface area contributed by atoms with Crippen LogP contribution in [0.1, 0.15) is 11.3 Å². The number of nitrogens with one attached hydrogen (secondary N) is 2. The van der Waals surface area contributed by atoms with E-state index in [1.807, 2.05) is 36.4 Å². The van der Waals surface area contributed by atoms with E-state index >= 15 is 0 Å². The molecule has 0 saturated heterocycles. The molecule has 2 aromatic heterocycles. The molecular formula is C22H19ClN4O2S. The van der Waals surface area contributed by atoms with Gasteiger partial charge in [-0.2, -0.15) is 4.31 Å². The summed E-state index contributed by atoms with van der Waals surface area (Å²) < 4.78 is 27.9. The van der Waals surface area contributed by atoms with Gasteiger partial charge in [-0.3, -0.25) is 0 Å². The minimum absolute atomic E-state index is 0.207. The number of fused-ring (bicyclic) bond motifs is 3. The van der Waals surface area contributed by atoms with Crippen LogP contribution in [0.15, 0.2) is 71.8 Å². The second kappa shape index (κ2) is 7.43. The second-order valence-electron chi connectivity index (χ2n) is 7.20. The summed E-state index contributed by atoms with van der Waals surface area (Å²) in [6.07, 6.45) is 2.34. The summed E-state index contributed by atoms with van der Waals surface area (Å²) in [6.45, 7) is 0.676. The van der Waals surface area contributed by atoms with Crippen molar-refractivity contribution in [2.24, 2.45) is 0 Å². The Morgan fingerprint density at radius 3 is 2.70 bits per heavy atom. The lowest BCUT2D eigenvalue weighted by Gasteiger charge is -2.26. The molecule has 0 fully saturated rings. The van der Waals surface area contributed by atoms with Crippen LogP contribution in [0.3, 0.4) is 0 Å². The number of halogens is 1. The molecule has 0 unspecified atom stereocenters. The number of rotatable bonds is 4. The maximum Gasteiger partial charge on any atom is 0.243 e. The number of aromatic amines is 1. The lowest BCUT2D eigenvalue weighted by Crippen LogP contribution is -2.35. The summed E-state index contributed by atoms with van der Waals surface area (Å²) in [5.74, 6) is 0. The van der Waals surface area contributed by atoms with Gasteiger partial charge in [-0.25, -0.2) is 13.4 Å². The van der Waals surface area contributed by atoms with Gasteiger partial charge in [0.25, 0.3) is 0 Å². The highest BCUT2D eigenvalue weighted by molar-refractivity contribution is 7.89. The predicted molar refractivity (Wildman–Crippen MR) is 119 cm³/mol. The maximum atomic E-state index is 13.2. The molecule has 0 bridgehead atoms. The van der Waals surface area contributed by atoms with E-state index in [0.717, 1.165) is 33.7 Å². The third kappa shape index (κ3) is 3.35. The fourth-order valence-electron chi connectivity index (χ4n) is 3.87. The molecule has 0 spiro atoms. The molecule has 152 valence electrons. The average Bonchev–Trinajstić information content (AvgIpc) is 3.13. The third-order valence-corrected chi connectivity index (χ3v) is 7.39. The van der Waals surface area contributed by atoms with Crippen LogP contribution in [0.25, 0.3) is 11.0 Å². The number of anilines is 2. The average molecular weight is 439 g/mol. The third-order valence-electron chi connectivity index (χ3n) is 5.32. The first-order valence-corrected chi connectivity index (χ1v) is 11.4. The number of hydrogen-bond donors (Lipinski definition) is 2.